The summed E-state index contributed by atoms with van der Waals surface area (Å²) in [5.74, 6) is -0.520. The fourth-order valence-electron chi connectivity index (χ4n) is 11.1. The largest absolute Gasteiger partial charge is 0.756 e. The SMILES string of the molecule is CCCCC/C=C\C/C=C\CCCCCCCCCCCCCCCC(=O)NC(COP(=O)([O-])OCC[N+](C)(C)C)C(/C=C/CCCCCCCCCCCC)OC(=O)CCCCCCCCCCCCCCCCCCCCCCCCC. The monoisotopic (exact) mass is 1200 g/mol. The van der Waals surface area contributed by atoms with Crippen LogP contribution >= 0.6 is 7.82 Å². The van der Waals surface area contributed by atoms with Crippen molar-refractivity contribution in [1.29, 1.82) is 0 Å². The number of esters is 1. The number of ether oxygens (including phenoxy) is 1. The Labute approximate surface area is 523 Å². The molecule has 0 aromatic rings. The van der Waals surface area contributed by atoms with Crippen LogP contribution in [0.4, 0.5) is 0 Å². The van der Waals surface area contributed by atoms with E-state index < -0.39 is 20.0 Å². The lowest BCUT2D eigenvalue weighted by Gasteiger charge is -2.30. The molecule has 0 heterocycles. The molecule has 0 fully saturated rings. The molecule has 84 heavy (non-hydrogen) atoms. The van der Waals surface area contributed by atoms with Gasteiger partial charge in [-0.1, -0.05) is 334 Å². The van der Waals surface area contributed by atoms with Gasteiger partial charge in [-0.25, -0.2) is 0 Å². The van der Waals surface area contributed by atoms with Crippen LogP contribution < -0.4 is 10.2 Å². The van der Waals surface area contributed by atoms with E-state index in [1.165, 1.54) is 276 Å². The van der Waals surface area contributed by atoms with Gasteiger partial charge in [0.25, 0.3) is 7.82 Å². The molecule has 0 saturated heterocycles. The fraction of sp³-hybridized carbons (Fsp3) is 0.892. The van der Waals surface area contributed by atoms with Crippen molar-refractivity contribution in [2.75, 3.05) is 40.9 Å². The summed E-state index contributed by atoms with van der Waals surface area (Å²) < 4.78 is 30.5. The maximum absolute atomic E-state index is 13.6. The molecule has 0 bridgehead atoms. The Morgan fingerprint density at radius 3 is 1.10 bits per heavy atom. The highest BCUT2D eigenvalue weighted by Crippen LogP contribution is 2.38. The van der Waals surface area contributed by atoms with E-state index in [1.807, 2.05) is 33.3 Å². The molecule has 1 amide bonds. The molecule has 0 aliphatic heterocycles. The van der Waals surface area contributed by atoms with E-state index in [0.717, 1.165) is 64.2 Å². The average Bonchev–Trinajstić information content (AvgIpc) is 3.64. The first-order valence-corrected chi connectivity index (χ1v) is 38.3. The van der Waals surface area contributed by atoms with Gasteiger partial charge in [0.15, 0.2) is 0 Å². The summed E-state index contributed by atoms with van der Waals surface area (Å²) in [7, 11) is 1.20. The minimum absolute atomic E-state index is 0.0193. The first-order chi connectivity index (χ1) is 40.9. The molecular formula is C74H143N2O7P. The smallest absolute Gasteiger partial charge is 0.306 e. The van der Waals surface area contributed by atoms with Crippen molar-refractivity contribution in [3.8, 4) is 0 Å². The summed E-state index contributed by atoms with van der Waals surface area (Å²) in [5, 5.41) is 3.05. The van der Waals surface area contributed by atoms with Gasteiger partial charge in [-0.2, -0.15) is 0 Å². The van der Waals surface area contributed by atoms with Gasteiger partial charge in [0.05, 0.1) is 33.8 Å². The number of phosphoric ester groups is 1. The molecule has 496 valence electrons. The second-order valence-electron chi connectivity index (χ2n) is 26.5. The van der Waals surface area contributed by atoms with Gasteiger partial charge in [0.1, 0.15) is 19.3 Å². The number of unbranched alkanes of at least 4 members (excludes halogenated alkanes) is 48. The van der Waals surface area contributed by atoms with Crippen LogP contribution in [0.25, 0.3) is 0 Å². The van der Waals surface area contributed by atoms with Crippen molar-refractivity contribution < 1.29 is 37.3 Å². The number of phosphoric acid groups is 1. The number of carbonyl (C=O) groups excluding carboxylic acids is 2. The van der Waals surface area contributed by atoms with Gasteiger partial charge in [0.2, 0.25) is 5.91 Å². The van der Waals surface area contributed by atoms with Crippen molar-refractivity contribution in [3.05, 3.63) is 36.5 Å². The number of carbonyl (C=O) groups is 2. The van der Waals surface area contributed by atoms with Crippen molar-refractivity contribution in [3.63, 3.8) is 0 Å². The van der Waals surface area contributed by atoms with Gasteiger partial charge >= 0.3 is 5.97 Å². The van der Waals surface area contributed by atoms with E-state index in [1.54, 1.807) is 0 Å². The number of nitrogens with one attached hydrogen (secondary N) is 1. The van der Waals surface area contributed by atoms with Crippen molar-refractivity contribution >= 4 is 19.7 Å². The van der Waals surface area contributed by atoms with E-state index >= 15 is 0 Å². The van der Waals surface area contributed by atoms with Crippen LogP contribution in [0.3, 0.4) is 0 Å². The van der Waals surface area contributed by atoms with Crippen LogP contribution in [0.2, 0.25) is 0 Å². The fourth-order valence-corrected chi connectivity index (χ4v) is 11.9. The maximum atomic E-state index is 13.6. The quantitative estimate of drug-likeness (QED) is 0.0212. The van der Waals surface area contributed by atoms with E-state index in [9.17, 15) is 19.0 Å². The van der Waals surface area contributed by atoms with Gasteiger partial charge < -0.3 is 28.5 Å². The second kappa shape index (κ2) is 64.2. The Morgan fingerprint density at radius 1 is 0.417 bits per heavy atom. The van der Waals surface area contributed by atoms with Crippen molar-refractivity contribution in [1.82, 2.24) is 5.32 Å². The molecule has 9 nitrogen and oxygen atoms in total. The zero-order valence-corrected chi connectivity index (χ0v) is 57.8. The first-order valence-electron chi connectivity index (χ1n) is 36.8. The minimum Gasteiger partial charge on any atom is -0.756 e. The Morgan fingerprint density at radius 2 is 0.726 bits per heavy atom. The van der Waals surface area contributed by atoms with Gasteiger partial charge in [-0.05, 0) is 63.9 Å². The molecule has 3 atom stereocenters. The number of amides is 1. The van der Waals surface area contributed by atoms with Gasteiger partial charge in [0, 0.05) is 12.8 Å². The number of hydrogen-bond donors (Lipinski definition) is 1. The van der Waals surface area contributed by atoms with Gasteiger partial charge in [-0.15, -0.1) is 0 Å². The van der Waals surface area contributed by atoms with Gasteiger partial charge in [-0.3, -0.25) is 14.2 Å². The maximum Gasteiger partial charge on any atom is 0.306 e. The van der Waals surface area contributed by atoms with Crippen LogP contribution in [0.15, 0.2) is 36.5 Å². The van der Waals surface area contributed by atoms with Crippen LogP contribution in [0, 0.1) is 0 Å². The molecule has 0 aromatic heterocycles. The first kappa shape index (κ1) is 82.2. The number of quaternary nitrogens is 1. The predicted octanol–water partition coefficient (Wildman–Crippen LogP) is 22.8. The lowest BCUT2D eigenvalue weighted by atomic mass is 10.0. The zero-order chi connectivity index (χ0) is 61.4. The lowest BCUT2D eigenvalue weighted by Crippen LogP contribution is -2.47. The van der Waals surface area contributed by atoms with Crippen LogP contribution in [-0.2, 0) is 27.9 Å². The lowest BCUT2D eigenvalue weighted by molar-refractivity contribution is -0.870. The zero-order valence-electron chi connectivity index (χ0n) is 56.9. The Balaban J connectivity index is 5.00. The number of hydrogen-bond acceptors (Lipinski definition) is 7. The second-order valence-corrected chi connectivity index (χ2v) is 27.9. The van der Waals surface area contributed by atoms with Crippen molar-refractivity contribution in [2.45, 2.75) is 386 Å². The standard InChI is InChI=1S/C74H143N2O7P/c1-7-10-13-16-19-22-25-28-30-32-34-36-38-40-42-44-46-48-51-54-57-60-63-66-73(77)75-71(70-82-84(79,80)81-69-68-76(4,5)6)72(65-62-59-56-53-50-27-24-21-18-15-12-9-3)83-74(78)67-64-61-58-55-52-49-47-45-43-41-39-37-35-33-31-29-26-23-20-17-14-11-8-2/h19,22,28,30,62,65,71-72H,7-18,20-21,23-27,29,31-61,63-64,66-70H2,1-6H3,(H-,75,77,79,80)/b22-19-,30-28-,65-62+. The third-order valence-corrected chi connectivity index (χ3v) is 17.8. The third kappa shape index (κ3) is 64.7. The van der Waals surface area contributed by atoms with Crippen LogP contribution in [-0.4, -0.2) is 69.4 Å². The molecule has 0 rings (SSSR count). The van der Waals surface area contributed by atoms with E-state index in [-0.39, 0.29) is 31.5 Å². The molecule has 0 spiro atoms. The number of allylic oxidation sites excluding steroid dienone is 5. The molecule has 0 aromatic carbocycles. The summed E-state index contributed by atoms with van der Waals surface area (Å²) in [5.41, 5.74) is 0. The highest BCUT2D eigenvalue weighted by atomic mass is 31.2. The molecule has 10 heteroatoms. The molecule has 0 aliphatic rings. The molecule has 3 unspecified atom stereocenters. The van der Waals surface area contributed by atoms with Crippen LogP contribution in [0.1, 0.15) is 374 Å². The minimum atomic E-state index is -4.70. The topological polar surface area (TPSA) is 114 Å². The van der Waals surface area contributed by atoms with E-state index in [2.05, 4.69) is 50.4 Å². The highest BCUT2D eigenvalue weighted by molar-refractivity contribution is 7.45. The number of rotatable bonds is 68. The molecule has 0 radical (unpaired) electrons. The molecular weight excluding hydrogens is 1060 g/mol. The van der Waals surface area contributed by atoms with Crippen molar-refractivity contribution in [2.24, 2.45) is 0 Å². The molecule has 0 aliphatic carbocycles. The normalized spacial score (nSPS) is 13.7. The predicted molar refractivity (Wildman–Crippen MR) is 363 cm³/mol. The number of nitrogens with zero attached hydrogens (tertiary/aromatic N) is 1. The summed E-state index contributed by atoms with van der Waals surface area (Å²) in [6, 6.07) is -0.886. The van der Waals surface area contributed by atoms with E-state index in [0.29, 0.717) is 17.4 Å². The highest BCUT2D eigenvalue weighted by Gasteiger charge is 2.27. The summed E-state index contributed by atoms with van der Waals surface area (Å²) in [4.78, 5) is 40.2. The Kier molecular flexibility index (Phi) is 62.9. The Bertz CT molecular complexity index is 1530. The number of likely N-dealkylation sites (N-methyl/N-ethyl adjacent to an activating group) is 1. The Hall–Kier alpha value is -1.77. The average molecular weight is 1200 g/mol. The summed E-state index contributed by atoms with van der Waals surface area (Å²) >= 11 is 0. The van der Waals surface area contributed by atoms with Crippen LogP contribution in [0.5, 0.6) is 0 Å². The molecule has 1 N–H and O–H groups in total. The summed E-state index contributed by atoms with van der Waals surface area (Å²) in [6.07, 6.45) is 79.9. The molecule has 0 saturated carbocycles. The van der Waals surface area contributed by atoms with E-state index in [4.69, 9.17) is 13.8 Å². The summed E-state index contributed by atoms with van der Waals surface area (Å²) in [6.45, 7) is 6.89. The third-order valence-electron chi connectivity index (χ3n) is 16.8.